The zero-order valence-electron chi connectivity index (χ0n) is 11.4. The molecule has 0 radical (unpaired) electrons. The van der Waals surface area contributed by atoms with E-state index < -0.39 is 6.09 Å². The molecule has 6 heteroatoms. The maximum Gasteiger partial charge on any atom is 0.407 e. The molecular formula is C15H17ClN2O3. The van der Waals surface area contributed by atoms with Gasteiger partial charge in [0.05, 0.1) is 0 Å². The Morgan fingerprint density at radius 2 is 1.90 bits per heavy atom. The second-order valence-corrected chi connectivity index (χ2v) is 4.98. The molecule has 5 nitrogen and oxygen atoms in total. The molecule has 0 atom stereocenters. The summed E-state index contributed by atoms with van der Waals surface area (Å²) in [5.74, 6) is 0.928. The fraction of sp³-hybridized carbons (Fsp3) is 0.333. The lowest BCUT2D eigenvalue weighted by Crippen LogP contribution is -2.36. The Morgan fingerprint density at radius 3 is 2.52 bits per heavy atom. The maximum atomic E-state index is 10.9. The largest absolute Gasteiger partial charge is 0.465 e. The molecule has 3 rings (SSSR count). The normalized spacial score (nSPS) is 15.5. The molecule has 1 amide bonds. The number of benzene rings is 1. The fourth-order valence-corrected chi connectivity index (χ4v) is 2.53. The number of aromatic nitrogens is 1. The van der Waals surface area contributed by atoms with Gasteiger partial charge >= 0.3 is 6.09 Å². The smallest absolute Gasteiger partial charge is 0.407 e. The topological polar surface area (TPSA) is 66.6 Å². The number of carbonyl (C=O) groups is 1. The summed E-state index contributed by atoms with van der Waals surface area (Å²) in [6.45, 7) is 1.09. The van der Waals surface area contributed by atoms with Gasteiger partial charge in [0.2, 0.25) is 0 Å². The van der Waals surface area contributed by atoms with Gasteiger partial charge in [0.25, 0.3) is 0 Å². The molecule has 21 heavy (non-hydrogen) atoms. The predicted octanol–water partition coefficient (Wildman–Crippen LogP) is 3.62. The van der Waals surface area contributed by atoms with E-state index in [1.807, 2.05) is 30.3 Å². The van der Waals surface area contributed by atoms with Crippen molar-refractivity contribution >= 4 is 18.5 Å². The molecule has 0 saturated carbocycles. The highest BCUT2D eigenvalue weighted by atomic mass is 35.5. The van der Waals surface area contributed by atoms with Crippen LogP contribution >= 0.6 is 12.4 Å². The van der Waals surface area contributed by atoms with Crippen molar-refractivity contribution in [3.63, 3.8) is 0 Å². The van der Waals surface area contributed by atoms with Crippen molar-refractivity contribution in [1.29, 1.82) is 0 Å². The molecule has 0 unspecified atom stereocenters. The molecule has 0 bridgehead atoms. The van der Waals surface area contributed by atoms with Crippen LogP contribution in [-0.2, 0) is 0 Å². The third-order valence-electron chi connectivity index (χ3n) is 3.71. The number of oxazole rings is 1. The molecule has 0 spiro atoms. The minimum absolute atomic E-state index is 0. The molecule has 1 aliphatic heterocycles. The van der Waals surface area contributed by atoms with Crippen LogP contribution in [0.25, 0.3) is 11.3 Å². The van der Waals surface area contributed by atoms with E-state index in [2.05, 4.69) is 4.98 Å². The average Bonchev–Trinajstić information content (AvgIpc) is 2.98. The van der Waals surface area contributed by atoms with E-state index in [9.17, 15) is 4.79 Å². The second kappa shape index (κ2) is 6.63. The number of hydrogen-bond acceptors (Lipinski definition) is 3. The van der Waals surface area contributed by atoms with Crippen LogP contribution in [0.15, 0.2) is 41.0 Å². The molecule has 1 N–H and O–H groups in total. The van der Waals surface area contributed by atoms with Crippen LogP contribution < -0.4 is 0 Å². The van der Waals surface area contributed by atoms with Gasteiger partial charge in [-0.25, -0.2) is 9.78 Å². The highest BCUT2D eigenvalue weighted by Crippen LogP contribution is 2.29. The third-order valence-corrected chi connectivity index (χ3v) is 3.71. The van der Waals surface area contributed by atoms with Gasteiger partial charge in [-0.15, -0.1) is 12.4 Å². The highest BCUT2D eigenvalue weighted by Gasteiger charge is 2.26. The molecular weight excluding hydrogens is 292 g/mol. The van der Waals surface area contributed by atoms with Gasteiger partial charge in [0.1, 0.15) is 12.0 Å². The van der Waals surface area contributed by atoms with Crippen LogP contribution in [0, 0.1) is 0 Å². The summed E-state index contributed by atoms with van der Waals surface area (Å²) in [6.07, 6.45) is 2.36. The van der Waals surface area contributed by atoms with E-state index in [4.69, 9.17) is 9.52 Å². The number of amides is 1. The van der Waals surface area contributed by atoms with Gasteiger partial charge in [-0.1, -0.05) is 30.3 Å². The standard InChI is InChI=1S/C15H16N2O3.ClH/c18-15(19)17-8-6-12(7-9-17)14-16-13(10-20-14)11-4-2-1-3-5-11;/h1-5,10,12H,6-9H2,(H,18,19);1H. The molecule has 1 aromatic carbocycles. The minimum atomic E-state index is -0.846. The van der Waals surface area contributed by atoms with Gasteiger partial charge in [-0.3, -0.25) is 0 Å². The number of hydrogen-bond donors (Lipinski definition) is 1. The highest BCUT2D eigenvalue weighted by molar-refractivity contribution is 5.85. The predicted molar refractivity (Wildman–Crippen MR) is 80.8 cm³/mol. The van der Waals surface area contributed by atoms with Crippen molar-refractivity contribution in [2.45, 2.75) is 18.8 Å². The SMILES string of the molecule is Cl.O=C(O)N1CCC(c2nc(-c3ccccc3)co2)CC1. The van der Waals surface area contributed by atoms with Crippen molar-refractivity contribution in [3.8, 4) is 11.3 Å². The lowest BCUT2D eigenvalue weighted by molar-refractivity contribution is 0.129. The number of piperidine rings is 1. The molecule has 1 saturated heterocycles. The summed E-state index contributed by atoms with van der Waals surface area (Å²) in [5, 5.41) is 8.93. The van der Waals surface area contributed by atoms with Crippen LogP contribution in [0.4, 0.5) is 4.79 Å². The number of nitrogens with zero attached hydrogens (tertiary/aromatic N) is 2. The van der Waals surface area contributed by atoms with Crippen LogP contribution in [0.1, 0.15) is 24.7 Å². The van der Waals surface area contributed by atoms with Gasteiger partial charge in [-0.2, -0.15) is 0 Å². The molecule has 1 aliphatic rings. The van der Waals surface area contributed by atoms with Crippen LogP contribution in [0.5, 0.6) is 0 Å². The molecule has 1 aromatic heterocycles. The van der Waals surface area contributed by atoms with E-state index in [0.29, 0.717) is 19.0 Å². The van der Waals surface area contributed by atoms with Crippen molar-refractivity contribution in [1.82, 2.24) is 9.88 Å². The Hall–Kier alpha value is -2.01. The van der Waals surface area contributed by atoms with E-state index >= 15 is 0 Å². The summed E-state index contributed by atoms with van der Waals surface area (Å²) in [7, 11) is 0. The molecule has 2 aromatic rings. The summed E-state index contributed by atoms with van der Waals surface area (Å²) in [5.41, 5.74) is 1.87. The lowest BCUT2D eigenvalue weighted by atomic mass is 9.97. The quantitative estimate of drug-likeness (QED) is 0.920. The van der Waals surface area contributed by atoms with E-state index in [0.717, 1.165) is 24.1 Å². The zero-order valence-corrected chi connectivity index (χ0v) is 12.3. The van der Waals surface area contributed by atoms with Crippen LogP contribution in [0.2, 0.25) is 0 Å². The Balaban J connectivity index is 0.00000161. The summed E-state index contributed by atoms with van der Waals surface area (Å²) in [6, 6.07) is 9.89. The van der Waals surface area contributed by atoms with Gasteiger partial charge in [0, 0.05) is 24.6 Å². The number of rotatable bonds is 2. The summed E-state index contributed by atoms with van der Waals surface area (Å²) in [4.78, 5) is 16.9. The van der Waals surface area contributed by atoms with Crippen molar-refractivity contribution < 1.29 is 14.3 Å². The van der Waals surface area contributed by atoms with Crippen molar-refractivity contribution in [3.05, 3.63) is 42.5 Å². The van der Waals surface area contributed by atoms with Gasteiger partial charge in [-0.05, 0) is 12.8 Å². The number of likely N-dealkylation sites (tertiary alicyclic amines) is 1. The fourth-order valence-electron chi connectivity index (χ4n) is 2.53. The van der Waals surface area contributed by atoms with Crippen LogP contribution in [0.3, 0.4) is 0 Å². The van der Waals surface area contributed by atoms with Gasteiger partial charge in [0.15, 0.2) is 5.89 Å². The number of halogens is 1. The first-order valence-electron chi connectivity index (χ1n) is 6.73. The van der Waals surface area contributed by atoms with Gasteiger partial charge < -0.3 is 14.4 Å². The monoisotopic (exact) mass is 308 g/mol. The lowest BCUT2D eigenvalue weighted by Gasteiger charge is -2.28. The van der Waals surface area contributed by atoms with E-state index in [1.165, 1.54) is 4.90 Å². The average molecular weight is 309 g/mol. The van der Waals surface area contributed by atoms with Crippen molar-refractivity contribution in [2.75, 3.05) is 13.1 Å². The van der Waals surface area contributed by atoms with E-state index in [-0.39, 0.29) is 18.3 Å². The first-order valence-corrected chi connectivity index (χ1v) is 6.73. The maximum absolute atomic E-state index is 10.9. The second-order valence-electron chi connectivity index (χ2n) is 4.98. The number of carboxylic acid groups (broad SMARTS) is 1. The molecule has 0 aliphatic carbocycles. The Bertz CT molecular complexity index is 592. The Labute approximate surface area is 129 Å². The summed E-state index contributed by atoms with van der Waals surface area (Å²) < 4.78 is 5.58. The van der Waals surface area contributed by atoms with Crippen LogP contribution in [-0.4, -0.2) is 34.2 Å². The van der Waals surface area contributed by atoms with E-state index in [1.54, 1.807) is 6.26 Å². The zero-order chi connectivity index (χ0) is 13.9. The Morgan fingerprint density at radius 1 is 1.24 bits per heavy atom. The van der Waals surface area contributed by atoms with Crippen molar-refractivity contribution in [2.24, 2.45) is 0 Å². The Kier molecular flexibility index (Phi) is 4.85. The molecule has 1 fully saturated rings. The first-order chi connectivity index (χ1) is 9.74. The third kappa shape index (κ3) is 3.36. The summed E-state index contributed by atoms with van der Waals surface area (Å²) >= 11 is 0. The molecule has 2 heterocycles. The molecule has 112 valence electrons. The minimum Gasteiger partial charge on any atom is -0.465 e. The first kappa shape index (κ1) is 15.4.